The van der Waals surface area contributed by atoms with Gasteiger partial charge in [-0.15, -0.1) is 0 Å². The SMILES string of the molecule is O=C(O)CCCCN(Cc1ccc(C(=O)O)cc1)Cc1ccccc1OCc1ccc(/C=C/c2ccccc2)cc1. The summed E-state index contributed by atoms with van der Waals surface area (Å²) in [7, 11) is 0. The summed E-state index contributed by atoms with van der Waals surface area (Å²) in [5, 5.41) is 18.2. The smallest absolute Gasteiger partial charge is 0.335 e. The first kappa shape index (κ1) is 29.3. The lowest BCUT2D eigenvalue weighted by Crippen LogP contribution is -2.24. The molecule has 0 spiro atoms. The molecule has 4 rings (SSSR count). The Labute approximate surface area is 241 Å². The third-order valence-electron chi connectivity index (χ3n) is 6.73. The van der Waals surface area contributed by atoms with E-state index in [1.54, 1.807) is 12.1 Å². The number of unbranched alkanes of at least 4 members (excludes halogenated alkanes) is 1. The molecule has 0 atom stereocenters. The second-order valence-electron chi connectivity index (χ2n) is 9.95. The van der Waals surface area contributed by atoms with E-state index in [-0.39, 0.29) is 12.0 Å². The molecule has 2 N–H and O–H groups in total. The Morgan fingerprint density at radius 1 is 0.683 bits per heavy atom. The molecule has 210 valence electrons. The van der Waals surface area contributed by atoms with Crippen molar-refractivity contribution in [2.75, 3.05) is 6.54 Å². The first-order chi connectivity index (χ1) is 20.0. The molecule has 6 heteroatoms. The molecule has 0 fully saturated rings. The quantitative estimate of drug-likeness (QED) is 0.119. The number of carboxylic acid groups (broad SMARTS) is 2. The highest BCUT2D eigenvalue weighted by molar-refractivity contribution is 5.87. The van der Waals surface area contributed by atoms with Gasteiger partial charge in [0.15, 0.2) is 0 Å². The molecule has 0 saturated carbocycles. The van der Waals surface area contributed by atoms with Crippen molar-refractivity contribution >= 4 is 24.1 Å². The van der Waals surface area contributed by atoms with Crippen molar-refractivity contribution in [3.63, 3.8) is 0 Å². The summed E-state index contributed by atoms with van der Waals surface area (Å²) in [6, 6.07) is 33.3. The normalized spacial score (nSPS) is 11.1. The van der Waals surface area contributed by atoms with Gasteiger partial charge in [0.05, 0.1) is 5.56 Å². The van der Waals surface area contributed by atoms with Gasteiger partial charge < -0.3 is 14.9 Å². The van der Waals surface area contributed by atoms with Gasteiger partial charge in [-0.3, -0.25) is 9.69 Å². The fraction of sp³-hybridized carbons (Fsp3) is 0.200. The maximum Gasteiger partial charge on any atom is 0.335 e. The van der Waals surface area contributed by atoms with Crippen molar-refractivity contribution in [1.29, 1.82) is 0 Å². The summed E-state index contributed by atoms with van der Waals surface area (Å²) >= 11 is 0. The van der Waals surface area contributed by atoms with Crippen molar-refractivity contribution in [2.24, 2.45) is 0 Å². The number of nitrogens with zero attached hydrogens (tertiary/aromatic N) is 1. The van der Waals surface area contributed by atoms with Crippen molar-refractivity contribution in [2.45, 2.75) is 39.0 Å². The number of benzene rings is 4. The minimum Gasteiger partial charge on any atom is -0.489 e. The minimum absolute atomic E-state index is 0.141. The van der Waals surface area contributed by atoms with Crippen molar-refractivity contribution in [3.8, 4) is 5.75 Å². The summed E-state index contributed by atoms with van der Waals surface area (Å²) in [4.78, 5) is 24.4. The molecule has 0 aromatic heterocycles. The maximum atomic E-state index is 11.2. The van der Waals surface area contributed by atoms with Crippen LogP contribution in [0.4, 0.5) is 0 Å². The third-order valence-corrected chi connectivity index (χ3v) is 6.73. The van der Waals surface area contributed by atoms with Gasteiger partial charge in [-0.05, 0) is 59.8 Å². The first-order valence-corrected chi connectivity index (χ1v) is 13.8. The number of carbonyl (C=O) groups is 2. The van der Waals surface area contributed by atoms with Crippen LogP contribution in [0.1, 0.15) is 57.4 Å². The van der Waals surface area contributed by atoms with Gasteiger partial charge in [0, 0.05) is 25.1 Å². The predicted molar refractivity (Wildman–Crippen MR) is 162 cm³/mol. The van der Waals surface area contributed by atoms with Crippen LogP contribution in [0, 0.1) is 0 Å². The van der Waals surface area contributed by atoms with E-state index < -0.39 is 11.9 Å². The molecule has 4 aromatic rings. The van der Waals surface area contributed by atoms with Crippen LogP contribution < -0.4 is 4.74 Å². The molecule has 0 aliphatic rings. The van der Waals surface area contributed by atoms with Crippen LogP contribution >= 0.6 is 0 Å². The molecule has 0 aliphatic carbocycles. The van der Waals surface area contributed by atoms with Crippen LogP contribution in [-0.4, -0.2) is 33.6 Å². The summed E-state index contributed by atoms with van der Waals surface area (Å²) in [6.45, 7) is 2.38. The van der Waals surface area contributed by atoms with Gasteiger partial charge >= 0.3 is 11.9 Å². The molecule has 0 heterocycles. The Morgan fingerprint density at radius 3 is 2.00 bits per heavy atom. The lowest BCUT2D eigenvalue weighted by molar-refractivity contribution is -0.137. The lowest BCUT2D eigenvalue weighted by atomic mass is 10.1. The standard InChI is InChI=1S/C35H35NO5/c37-34(38)12-6-7-23-36(24-29-19-21-31(22-20-29)35(39)40)25-32-10-4-5-11-33(32)41-26-30-17-15-28(16-18-30)14-13-27-8-2-1-3-9-27/h1-5,8-11,13-22H,6-7,12,23-26H2,(H,37,38)(H,39,40)/b14-13+. The van der Waals surface area contributed by atoms with Gasteiger partial charge in [-0.2, -0.15) is 0 Å². The number of rotatable bonds is 15. The van der Waals surface area contributed by atoms with Gasteiger partial charge in [-0.1, -0.05) is 97.1 Å². The van der Waals surface area contributed by atoms with Gasteiger partial charge in [0.25, 0.3) is 0 Å². The lowest BCUT2D eigenvalue weighted by Gasteiger charge is -2.24. The maximum absolute atomic E-state index is 11.2. The first-order valence-electron chi connectivity index (χ1n) is 13.8. The van der Waals surface area contributed by atoms with Gasteiger partial charge in [0.1, 0.15) is 12.4 Å². The second kappa shape index (κ2) is 15.2. The van der Waals surface area contributed by atoms with Gasteiger partial charge in [-0.25, -0.2) is 4.79 Å². The molecule has 0 amide bonds. The molecule has 0 radical (unpaired) electrons. The highest BCUT2D eigenvalue weighted by Gasteiger charge is 2.12. The Hall–Kier alpha value is -4.68. The van der Waals surface area contributed by atoms with E-state index in [4.69, 9.17) is 9.84 Å². The van der Waals surface area contributed by atoms with E-state index in [0.717, 1.165) is 40.0 Å². The molecule has 0 saturated heterocycles. The molecule has 41 heavy (non-hydrogen) atoms. The molecule has 4 aromatic carbocycles. The minimum atomic E-state index is -0.952. The highest BCUT2D eigenvalue weighted by Crippen LogP contribution is 2.23. The molecule has 0 bridgehead atoms. The molecule has 6 nitrogen and oxygen atoms in total. The van der Waals surface area contributed by atoms with Crippen LogP contribution in [0.2, 0.25) is 0 Å². The highest BCUT2D eigenvalue weighted by atomic mass is 16.5. The zero-order valence-electron chi connectivity index (χ0n) is 23.0. The van der Waals surface area contributed by atoms with E-state index >= 15 is 0 Å². The Balaban J connectivity index is 1.40. The predicted octanol–water partition coefficient (Wildman–Crippen LogP) is 7.39. The average molecular weight is 550 g/mol. The van der Waals surface area contributed by atoms with Crippen molar-refractivity contribution in [1.82, 2.24) is 4.90 Å². The van der Waals surface area contributed by atoms with E-state index in [1.165, 1.54) is 0 Å². The summed E-state index contributed by atoms with van der Waals surface area (Å²) in [6.07, 6.45) is 5.67. The van der Waals surface area contributed by atoms with Crippen molar-refractivity contribution < 1.29 is 24.5 Å². The molecule has 0 unspecified atom stereocenters. The molecular formula is C35H35NO5. The van der Waals surface area contributed by atoms with Gasteiger partial charge in [0.2, 0.25) is 0 Å². The Morgan fingerprint density at radius 2 is 1.32 bits per heavy atom. The van der Waals surface area contributed by atoms with Crippen LogP contribution in [0.25, 0.3) is 12.2 Å². The number of hydrogen-bond donors (Lipinski definition) is 2. The Kier molecular flexibility index (Phi) is 10.9. The number of aliphatic carboxylic acids is 1. The summed E-state index contributed by atoms with van der Waals surface area (Å²) in [5.74, 6) is -0.941. The van der Waals surface area contributed by atoms with Crippen LogP contribution in [-0.2, 0) is 24.5 Å². The fourth-order valence-corrected chi connectivity index (χ4v) is 4.50. The van der Waals surface area contributed by atoms with Crippen molar-refractivity contribution in [3.05, 3.63) is 137 Å². The molecule has 0 aliphatic heterocycles. The third kappa shape index (κ3) is 9.78. The summed E-state index contributed by atoms with van der Waals surface area (Å²) in [5.41, 5.74) is 5.63. The second-order valence-corrected chi connectivity index (χ2v) is 9.95. The van der Waals surface area contributed by atoms with Crippen LogP contribution in [0.5, 0.6) is 5.75 Å². The average Bonchev–Trinajstić information content (AvgIpc) is 2.99. The number of hydrogen-bond acceptors (Lipinski definition) is 4. The summed E-state index contributed by atoms with van der Waals surface area (Å²) < 4.78 is 6.25. The topological polar surface area (TPSA) is 87.1 Å². The van der Waals surface area contributed by atoms with E-state index in [0.29, 0.717) is 32.7 Å². The van der Waals surface area contributed by atoms with Crippen LogP contribution in [0.3, 0.4) is 0 Å². The Bertz CT molecular complexity index is 1430. The zero-order chi connectivity index (χ0) is 28.9. The van der Waals surface area contributed by atoms with E-state index in [9.17, 15) is 14.7 Å². The number of para-hydroxylation sites is 1. The number of ether oxygens (including phenoxy) is 1. The largest absolute Gasteiger partial charge is 0.489 e. The zero-order valence-corrected chi connectivity index (χ0v) is 23.0. The number of carboxylic acids is 2. The fourth-order valence-electron chi connectivity index (χ4n) is 4.50. The van der Waals surface area contributed by atoms with E-state index in [2.05, 4.69) is 53.5 Å². The number of aromatic carboxylic acids is 1. The molecular weight excluding hydrogens is 514 g/mol. The van der Waals surface area contributed by atoms with Crippen LogP contribution in [0.15, 0.2) is 103 Å². The monoisotopic (exact) mass is 549 g/mol. The van der Waals surface area contributed by atoms with E-state index in [1.807, 2.05) is 54.6 Å².